The van der Waals surface area contributed by atoms with Crippen LogP contribution in [0.3, 0.4) is 0 Å². The minimum absolute atomic E-state index is 0.158. The second-order valence-corrected chi connectivity index (χ2v) is 4.02. The van der Waals surface area contributed by atoms with Crippen molar-refractivity contribution in [3.8, 4) is 17.4 Å². The summed E-state index contributed by atoms with van der Waals surface area (Å²) in [5.74, 6) is 0.225. The molecule has 0 N–H and O–H groups in total. The summed E-state index contributed by atoms with van der Waals surface area (Å²) in [6.45, 7) is 1.80. The van der Waals surface area contributed by atoms with Gasteiger partial charge in [0.25, 0.3) is 0 Å². The number of hydrogen-bond donors (Lipinski definition) is 0. The van der Waals surface area contributed by atoms with Crippen LogP contribution in [-0.2, 0) is 16.6 Å². The van der Waals surface area contributed by atoms with Gasteiger partial charge in [0, 0.05) is 12.6 Å². The Hall–Kier alpha value is -2.37. The lowest BCUT2D eigenvalue weighted by molar-refractivity contribution is -0.143. The summed E-state index contributed by atoms with van der Waals surface area (Å²) in [6, 6.07) is 8.02. The van der Waals surface area contributed by atoms with E-state index in [1.807, 2.05) is 31.2 Å². The zero-order valence-corrected chi connectivity index (χ0v) is 11.1. The van der Waals surface area contributed by atoms with Crippen molar-refractivity contribution in [2.45, 2.75) is 6.92 Å². The molecule has 0 atom stereocenters. The summed E-state index contributed by atoms with van der Waals surface area (Å²) in [4.78, 5) is 15.3. The highest BCUT2D eigenvalue weighted by atomic mass is 16.6. The number of esters is 1. The van der Waals surface area contributed by atoms with Crippen LogP contribution in [0.4, 0.5) is 0 Å². The molecule has 0 fully saturated rings. The standard InChI is InChI=1S/C13H15N3O3/c1-9-6-4-5-7-10(9)12-14-13(15-16(12)2)19-8-11(17)18-3/h4-7H,8H2,1-3H3. The molecular formula is C13H15N3O3. The Labute approximate surface area is 111 Å². The Morgan fingerprint density at radius 1 is 1.37 bits per heavy atom. The predicted molar refractivity (Wildman–Crippen MR) is 68.7 cm³/mol. The summed E-state index contributed by atoms with van der Waals surface area (Å²) in [5.41, 5.74) is 2.07. The van der Waals surface area contributed by atoms with E-state index in [2.05, 4.69) is 14.8 Å². The van der Waals surface area contributed by atoms with Crippen LogP contribution in [-0.4, -0.2) is 34.5 Å². The van der Waals surface area contributed by atoms with Crippen molar-refractivity contribution in [3.05, 3.63) is 29.8 Å². The molecule has 6 heteroatoms. The number of carbonyl (C=O) groups excluding carboxylic acids is 1. The van der Waals surface area contributed by atoms with E-state index in [-0.39, 0.29) is 12.6 Å². The summed E-state index contributed by atoms with van der Waals surface area (Å²) < 4.78 is 11.3. The monoisotopic (exact) mass is 261 g/mol. The molecule has 0 saturated carbocycles. The predicted octanol–water partition coefficient (Wildman–Crippen LogP) is 1.34. The van der Waals surface area contributed by atoms with E-state index in [1.54, 1.807) is 11.7 Å². The first kappa shape index (κ1) is 13.1. The molecule has 0 radical (unpaired) electrons. The number of methoxy groups -OCH3 is 1. The second-order valence-electron chi connectivity index (χ2n) is 4.02. The fourth-order valence-electron chi connectivity index (χ4n) is 1.66. The number of hydrogen-bond acceptors (Lipinski definition) is 5. The molecule has 1 aromatic carbocycles. The molecule has 0 saturated heterocycles. The number of carbonyl (C=O) groups is 1. The molecule has 0 bridgehead atoms. The Balaban J connectivity index is 2.22. The van der Waals surface area contributed by atoms with Gasteiger partial charge in [0.15, 0.2) is 12.4 Å². The first-order valence-electron chi connectivity index (χ1n) is 5.78. The van der Waals surface area contributed by atoms with Crippen LogP contribution in [0.25, 0.3) is 11.4 Å². The first-order valence-corrected chi connectivity index (χ1v) is 5.78. The molecular weight excluding hydrogens is 246 g/mol. The summed E-state index contributed by atoms with van der Waals surface area (Å²) >= 11 is 0. The Bertz CT molecular complexity index is 593. The van der Waals surface area contributed by atoms with Gasteiger partial charge in [0.1, 0.15) is 0 Å². The van der Waals surface area contributed by atoms with Crippen LogP contribution in [0.15, 0.2) is 24.3 Å². The average molecular weight is 261 g/mol. The molecule has 0 aliphatic rings. The van der Waals surface area contributed by atoms with E-state index in [1.165, 1.54) is 7.11 Å². The molecule has 2 aromatic rings. The Morgan fingerprint density at radius 3 is 2.79 bits per heavy atom. The van der Waals surface area contributed by atoms with E-state index < -0.39 is 5.97 Å². The van der Waals surface area contributed by atoms with Gasteiger partial charge in [-0.1, -0.05) is 24.3 Å². The topological polar surface area (TPSA) is 66.2 Å². The highest BCUT2D eigenvalue weighted by Gasteiger charge is 2.13. The van der Waals surface area contributed by atoms with Crippen LogP contribution in [0.1, 0.15) is 5.56 Å². The second kappa shape index (κ2) is 5.51. The maximum Gasteiger partial charge on any atom is 0.344 e. The number of aromatic nitrogens is 3. The van der Waals surface area contributed by atoms with Crippen molar-refractivity contribution in [1.82, 2.24) is 14.8 Å². The van der Waals surface area contributed by atoms with Gasteiger partial charge in [-0.25, -0.2) is 9.48 Å². The molecule has 2 rings (SSSR count). The fourth-order valence-corrected chi connectivity index (χ4v) is 1.66. The van der Waals surface area contributed by atoms with Crippen molar-refractivity contribution >= 4 is 5.97 Å². The smallest absolute Gasteiger partial charge is 0.344 e. The third-order valence-corrected chi connectivity index (χ3v) is 2.68. The molecule has 0 spiro atoms. The molecule has 19 heavy (non-hydrogen) atoms. The third kappa shape index (κ3) is 2.90. The van der Waals surface area contributed by atoms with Crippen LogP contribution < -0.4 is 4.74 Å². The number of nitrogens with zero attached hydrogens (tertiary/aromatic N) is 3. The first-order chi connectivity index (χ1) is 9.11. The van der Waals surface area contributed by atoms with E-state index in [0.717, 1.165) is 11.1 Å². The number of ether oxygens (including phenoxy) is 2. The molecule has 0 aliphatic carbocycles. The lowest BCUT2D eigenvalue weighted by Crippen LogP contribution is -2.13. The lowest BCUT2D eigenvalue weighted by Gasteiger charge is -2.02. The van der Waals surface area contributed by atoms with Gasteiger partial charge < -0.3 is 9.47 Å². The molecule has 1 heterocycles. The number of benzene rings is 1. The van der Waals surface area contributed by atoms with E-state index in [0.29, 0.717) is 5.82 Å². The zero-order valence-electron chi connectivity index (χ0n) is 11.1. The van der Waals surface area contributed by atoms with Crippen molar-refractivity contribution in [1.29, 1.82) is 0 Å². The highest BCUT2D eigenvalue weighted by molar-refractivity contribution is 5.70. The van der Waals surface area contributed by atoms with Crippen molar-refractivity contribution in [2.24, 2.45) is 7.05 Å². The van der Waals surface area contributed by atoms with Crippen LogP contribution >= 0.6 is 0 Å². The zero-order chi connectivity index (χ0) is 13.8. The van der Waals surface area contributed by atoms with E-state index in [4.69, 9.17) is 4.74 Å². The van der Waals surface area contributed by atoms with Crippen LogP contribution in [0.2, 0.25) is 0 Å². The van der Waals surface area contributed by atoms with Gasteiger partial charge in [-0.3, -0.25) is 0 Å². The van der Waals surface area contributed by atoms with Crippen LogP contribution in [0, 0.1) is 6.92 Å². The van der Waals surface area contributed by atoms with Crippen molar-refractivity contribution in [3.63, 3.8) is 0 Å². The fraction of sp³-hybridized carbons (Fsp3) is 0.308. The summed E-state index contributed by atoms with van der Waals surface area (Å²) in [7, 11) is 3.08. The minimum Gasteiger partial charge on any atom is -0.466 e. The van der Waals surface area contributed by atoms with E-state index in [9.17, 15) is 4.79 Å². The van der Waals surface area contributed by atoms with Gasteiger partial charge in [-0.05, 0) is 12.5 Å². The van der Waals surface area contributed by atoms with Gasteiger partial charge in [0.2, 0.25) is 0 Å². The average Bonchev–Trinajstić information content (AvgIpc) is 2.77. The van der Waals surface area contributed by atoms with Crippen molar-refractivity contribution < 1.29 is 14.3 Å². The summed E-state index contributed by atoms with van der Waals surface area (Å²) in [5, 5.41) is 4.11. The molecule has 0 aliphatic heterocycles. The van der Waals surface area contributed by atoms with E-state index >= 15 is 0 Å². The van der Waals surface area contributed by atoms with Crippen LogP contribution in [0.5, 0.6) is 6.01 Å². The molecule has 0 amide bonds. The highest BCUT2D eigenvalue weighted by Crippen LogP contribution is 2.22. The quantitative estimate of drug-likeness (QED) is 0.777. The Morgan fingerprint density at radius 2 is 2.11 bits per heavy atom. The lowest BCUT2D eigenvalue weighted by atomic mass is 10.1. The van der Waals surface area contributed by atoms with Gasteiger partial charge in [0.05, 0.1) is 7.11 Å². The maximum absolute atomic E-state index is 11.0. The molecule has 100 valence electrons. The van der Waals surface area contributed by atoms with Gasteiger partial charge in [-0.15, -0.1) is 5.10 Å². The van der Waals surface area contributed by atoms with Gasteiger partial charge >= 0.3 is 12.0 Å². The van der Waals surface area contributed by atoms with Crippen molar-refractivity contribution in [2.75, 3.05) is 13.7 Å². The molecule has 1 aromatic heterocycles. The number of rotatable bonds is 4. The SMILES string of the molecule is COC(=O)COc1nc(-c2ccccc2C)n(C)n1. The summed E-state index contributed by atoms with van der Waals surface area (Å²) in [6.07, 6.45) is 0. The minimum atomic E-state index is -0.468. The molecule has 6 nitrogen and oxygen atoms in total. The normalized spacial score (nSPS) is 10.3. The van der Waals surface area contributed by atoms with Gasteiger partial charge in [-0.2, -0.15) is 4.98 Å². The largest absolute Gasteiger partial charge is 0.466 e. The third-order valence-electron chi connectivity index (χ3n) is 2.68. The maximum atomic E-state index is 11.0. The number of aryl methyl sites for hydroxylation is 2. The molecule has 0 unspecified atom stereocenters. The Kier molecular flexibility index (Phi) is 3.79.